The van der Waals surface area contributed by atoms with Gasteiger partial charge in [-0.15, -0.1) is 0 Å². The van der Waals surface area contributed by atoms with Crippen LogP contribution in [0.1, 0.15) is 71.1 Å². The molecule has 3 atom stereocenters. The van der Waals surface area contributed by atoms with Crippen LogP contribution in [-0.4, -0.2) is 50.5 Å². The van der Waals surface area contributed by atoms with Crippen LogP contribution in [0.15, 0.2) is 12.2 Å². The van der Waals surface area contributed by atoms with Gasteiger partial charge in [0.05, 0.1) is 12.2 Å². The summed E-state index contributed by atoms with van der Waals surface area (Å²) in [5.41, 5.74) is 0. The Hall–Kier alpha value is -1.24. The highest BCUT2D eigenvalue weighted by atomic mass is 16.4. The molecule has 0 aliphatic rings. The molecule has 0 rings (SSSR count). The van der Waals surface area contributed by atoms with E-state index < -0.39 is 24.3 Å². The molecule has 0 aromatic carbocycles. The number of ketones is 1. The first-order valence-corrected chi connectivity index (χ1v) is 8.84. The fourth-order valence-corrected chi connectivity index (χ4v) is 2.41. The summed E-state index contributed by atoms with van der Waals surface area (Å²) in [4.78, 5) is 22.0. The molecule has 0 bridgehead atoms. The van der Waals surface area contributed by atoms with E-state index >= 15 is 0 Å². The van der Waals surface area contributed by atoms with Crippen molar-refractivity contribution in [3.05, 3.63) is 12.2 Å². The number of Topliss-reactive ketones (excluding diaryl/α,β-unsaturated/α-hetero) is 1. The van der Waals surface area contributed by atoms with E-state index in [1.807, 2.05) is 0 Å². The van der Waals surface area contributed by atoms with Crippen LogP contribution in [0.3, 0.4) is 0 Å². The minimum Gasteiger partial charge on any atom is -0.478 e. The molecule has 3 unspecified atom stereocenters. The van der Waals surface area contributed by atoms with Gasteiger partial charge in [-0.25, -0.2) is 4.79 Å². The Balaban J connectivity index is 3.64. The quantitative estimate of drug-likeness (QED) is 0.267. The Labute approximate surface area is 144 Å². The van der Waals surface area contributed by atoms with Gasteiger partial charge in [-0.3, -0.25) is 4.79 Å². The highest BCUT2D eigenvalue weighted by Crippen LogP contribution is 2.12. The van der Waals surface area contributed by atoms with E-state index in [9.17, 15) is 24.9 Å². The fraction of sp³-hybridized carbons (Fsp3) is 0.778. The minimum absolute atomic E-state index is 0.162. The van der Waals surface area contributed by atoms with Crippen molar-refractivity contribution in [2.75, 3.05) is 0 Å². The highest BCUT2D eigenvalue weighted by Gasteiger charge is 2.16. The van der Waals surface area contributed by atoms with Crippen molar-refractivity contribution in [1.29, 1.82) is 0 Å². The molecule has 6 heteroatoms. The van der Waals surface area contributed by atoms with Gasteiger partial charge in [0.1, 0.15) is 6.10 Å². The third kappa shape index (κ3) is 12.2. The molecule has 0 heterocycles. The van der Waals surface area contributed by atoms with E-state index in [0.29, 0.717) is 51.4 Å². The minimum atomic E-state index is -0.954. The summed E-state index contributed by atoms with van der Waals surface area (Å²) in [6.07, 6.45) is 6.34. The van der Waals surface area contributed by atoms with Gasteiger partial charge in [-0.1, -0.05) is 32.3 Å². The molecule has 0 aliphatic carbocycles. The molecule has 4 N–H and O–H groups in total. The van der Waals surface area contributed by atoms with Crippen LogP contribution < -0.4 is 0 Å². The molecule has 0 radical (unpaired) electrons. The topological polar surface area (TPSA) is 115 Å². The van der Waals surface area contributed by atoms with Gasteiger partial charge in [-0.2, -0.15) is 0 Å². The Morgan fingerprint density at radius 1 is 0.917 bits per heavy atom. The van der Waals surface area contributed by atoms with Crippen molar-refractivity contribution in [2.45, 2.75) is 89.4 Å². The van der Waals surface area contributed by atoms with Crippen molar-refractivity contribution < 1.29 is 30.0 Å². The molecule has 0 aromatic heterocycles. The molecular formula is C18H32O6. The Morgan fingerprint density at radius 3 is 2.21 bits per heavy atom. The lowest BCUT2D eigenvalue weighted by molar-refractivity contribution is -0.131. The third-order valence-electron chi connectivity index (χ3n) is 4.02. The average molecular weight is 344 g/mol. The van der Waals surface area contributed by atoms with Crippen LogP contribution in [0.5, 0.6) is 0 Å². The summed E-state index contributed by atoms with van der Waals surface area (Å²) in [5.74, 6) is -1.12. The lowest BCUT2D eigenvalue weighted by atomic mass is 10.00. The van der Waals surface area contributed by atoms with E-state index in [1.165, 1.54) is 0 Å². The monoisotopic (exact) mass is 344 g/mol. The van der Waals surface area contributed by atoms with E-state index in [-0.39, 0.29) is 5.78 Å². The maximum Gasteiger partial charge on any atom is 0.327 e. The maximum absolute atomic E-state index is 11.8. The second-order valence-electron chi connectivity index (χ2n) is 6.15. The summed E-state index contributed by atoms with van der Waals surface area (Å²) < 4.78 is 0. The first kappa shape index (κ1) is 22.8. The number of carboxylic acid groups (broad SMARTS) is 1. The first-order valence-electron chi connectivity index (χ1n) is 8.84. The number of aliphatic carboxylic acids is 1. The number of carboxylic acids is 1. The summed E-state index contributed by atoms with van der Waals surface area (Å²) in [6, 6.07) is 0. The van der Waals surface area contributed by atoms with Gasteiger partial charge >= 0.3 is 5.97 Å². The Kier molecular flexibility index (Phi) is 13.4. The largest absolute Gasteiger partial charge is 0.478 e. The van der Waals surface area contributed by atoms with Crippen LogP contribution in [0.25, 0.3) is 0 Å². The van der Waals surface area contributed by atoms with Crippen LogP contribution in [-0.2, 0) is 9.59 Å². The molecule has 0 fully saturated rings. The number of allylic oxidation sites excluding steroid dienone is 1. The normalized spacial score (nSPS) is 15.3. The van der Waals surface area contributed by atoms with Crippen molar-refractivity contribution in [3.63, 3.8) is 0 Å². The number of carbonyl (C=O) groups excluding carboxylic acids is 1. The molecular weight excluding hydrogens is 312 g/mol. The van der Waals surface area contributed by atoms with Crippen LogP contribution in [0.4, 0.5) is 0 Å². The highest BCUT2D eigenvalue weighted by molar-refractivity contribution is 5.82. The van der Waals surface area contributed by atoms with E-state index in [2.05, 4.69) is 0 Å². The fourth-order valence-electron chi connectivity index (χ4n) is 2.41. The number of hydrogen-bond acceptors (Lipinski definition) is 5. The lowest BCUT2D eigenvalue weighted by Gasteiger charge is -2.16. The summed E-state index contributed by atoms with van der Waals surface area (Å²) in [6.45, 7) is 1.80. The summed E-state index contributed by atoms with van der Waals surface area (Å²) >= 11 is 0. The second kappa shape index (κ2) is 14.1. The molecule has 140 valence electrons. The van der Waals surface area contributed by atoms with Crippen molar-refractivity contribution in [1.82, 2.24) is 0 Å². The zero-order valence-electron chi connectivity index (χ0n) is 14.6. The Morgan fingerprint density at radius 2 is 1.58 bits per heavy atom. The number of hydrogen-bond donors (Lipinski definition) is 4. The number of rotatable bonds is 15. The summed E-state index contributed by atoms with van der Waals surface area (Å²) in [5, 5.41) is 37.3. The standard InChI is InChI=1S/C18H32O6/c1-2-14(19)15(20)11-8-9-12-17(22)16(21)10-6-4-3-5-7-13-18(23)24/h7,13-15,17,19-20,22H,2-6,8-12H2,1H3,(H,23,24). The van der Waals surface area contributed by atoms with E-state index in [4.69, 9.17) is 5.11 Å². The van der Waals surface area contributed by atoms with Crippen molar-refractivity contribution in [3.8, 4) is 0 Å². The molecule has 0 spiro atoms. The van der Waals surface area contributed by atoms with Gasteiger partial charge in [-0.05, 0) is 38.5 Å². The van der Waals surface area contributed by atoms with Gasteiger partial charge in [0.15, 0.2) is 5.78 Å². The molecule has 0 saturated carbocycles. The average Bonchev–Trinajstić information content (AvgIpc) is 2.55. The van der Waals surface area contributed by atoms with Crippen LogP contribution >= 0.6 is 0 Å². The number of unbranched alkanes of at least 4 members (excludes halogenated alkanes) is 4. The predicted molar refractivity (Wildman–Crippen MR) is 91.6 cm³/mol. The zero-order chi connectivity index (χ0) is 18.4. The second-order valence-corrected chi connectivity index (χ2v) is 6.15. The van der Waals surface area contributed by atoms with Gasteiger partial charge in [0, 0.05) is 12.5 Å². The molecule has 0 amide bonds. The van der Waals surface area contributed by atoms with Gasteiger partial charge in [0.2, 0.25) is 0 Å². The zero-order valence-corrected chi connectivity index (χ0v) is 14.6. The molecule has 0 aromatic rings. The molecule has 6 nitrogen and oxygen atoms in total. The Bertz CT molecular complexity index is 380. The predicted octanol–water partition coefficient (Wildman–Crippen LogP) is 2.20. The van der Waals surface area contributed by atoms with E-state index in [0.717, 1.165) is 18.9 Å². The maximum atomic E-state index is 11.8. The molecule has 24 heavy (non-hydrogen) atoms. The van der Waals surface area contributed by atoms with Crippen LogP contribution in [0, 0.1) is 0 Å². The van der Waals surface area contributed by atoms with Crippen molar-refractivity contribution in [2.24, 2.45) is 0 Å². The number of carbonyl (C=O) groups is 2. The van der Waals surface area contributed by atoms with Gasteiger partial charge in [0.25, 0.3) is 0 Å². The lowest BCUT2D eigenvalue weighted by Crippen LogP contribution is -2.25. The van der Waals surface area contributed by atoms with Gasteiger partial charge < -0.3 is 20.4 Å². The molecule has 0 saturated heterocycles. The smallest absolute Gasteiger partial charge is 0.327 e. The van der Waals surface area contributed by atoms with E-state index in [1.54, 1.807) is 13.0 Å². The van der Waals surface area contributed by atoms with Crippen LogP contribution in [0.2, 0.25) is 0 Å². The number of aliphatic hydroxyl groups is 3. The SMILES string of the molecule is CCC(O)C(O)CCCCC(O)C(=O)CCCCCC=CC(=O)O. The number of aliphatic hydroxyl groups excluding tert-OH is 3. The molecule has 0 aliphatic heterocycles. The summed E-state index contributed by atoms with van der Waals surface area (Å²) in [7, 11) is 0. The van der Waals surface area contributed by atoms with Crippen molar-refractivity contribution >= 4 is 11.8 Å². The first-order chi connectivity index (χ1) is 11.4. The third-order valence-corrected chi connectivity index (χ3v) is 4.02.